The fourth-order valence-corrected chi connectivity index (χ4v) is 3.63. The summed E-state index contributed by atoms with van der Waals surface area (Å²) >= 11 is 7.37. The van der Waals surface area contributed by atoms with Gasteiger partial charge in [0.05, 0.1) is 24.2 Å². The number of anilines is 1. The molecule has 1 aromatic heterocycles. The zero-order valence-corrected chi connectivity index (χ0v) is 17.6. The number of rotatable bonds is 6. The molecule has 28 heavy (non-hydrogen) atoms. The van der Waals surface area contributed by atoms with Gasteiger partial charge in [-0.25, -0.2) is 0 Å². The predicted octanol–water partition coefficient (Wildman–Crippen LogP) is 3.98. The Kier molecular flexibility index (Phi) is 6.21. The second kappa shape index (κ2) is 8.62. The molecule has 0 saturated heterocycles. The molecule has 0 radical (unpaired) electrons. The summed E-state index contributed by atoms with van der Waals surface area (Å²) in [7, 11) is 1.53. The number of halogens is 1. The number of para-hydroxylation sites is 1. The number of benzene rings is 2. The number of carbonyl (C=O) groups is 1. The highest BCUT2D eigenvalue weighted by Crippen LogP contribution is 2.31. The Bertz CT molecular complexity index is 1000. The summed E-state index contributed by atoms with van der Waals surface area (Å²) in [4.78, 5) is 12.5. The van der Waals surface area contributed by atoms with Crippen molar-refractivity contribution in [2.24, 2.45) is 0 Å². The number of aromatic nitrogens is 4. The summed E-state index contributed by atoms with van der Waals surface area (Å²) in [5.41, 5.74) is 4.46. The van der Waals surface area contributed by atoms with E-state index >= 15 is 0 Å². The standard InChI is InChI=1S/C19H20ClN5O2S/c1-11-6-5-7-12(2)18(11)25-19(22-23-24-25)28-10-17(26)21-15-8-13(3)14(20)9-16(15)27-4/h5-9H,10H2,1-4H3,(H,21,26). The van der Waals surface area contributed by atoms with Crippen molar-refractivity contribution in [3.63, 3.8) is 0 Å². The van der Waals surface area contributed by atoms with Crippen molar-refractivity contribution in [1.82, 2.24) is 20.2 Å². The first-order valence-corrected chi connectivity index (χ1v) is 9.88. The van der Waals surface area contributed by atoms with Crippen LogP contribution in [0.2, 0.25) is 5.02 Å². The van der Waals surface area contributed by atoms with Gasteiger partial charge in [-0.2, -0.15) is 4.68 Å². The van der Waals surface area contributed by atoms with Crippen molar-refractivity contribution in [2.75, 3.05) is 18.2 Å². The molecule has 0 aliphatic rings. The molecule has 146 valence electrons. The summed E-state index contributed by atoms with van der Waals surface area (Å²) < 4.78 is 6.96. The van der Waals surface area contributed by atoms with Crippen LogP contribution in [0.25, 0.3) is 5.69 Å². The Morgan fingerprint density at radius 2 is 1.93 bits per heavy atom. The summed E-state index contributed by atoms with van der Waals surface area (Å²) in [5.74, 6) is 0.464. The maximum absolute atomic E-state index is 12.5. The minimum Gasteiger partial charge on any atom is -0.495 e. The van der Waals surface area contributed by atoms with Crippen molar-refractivity contribution in [3.05, 3.63) is 52.0 Å². The number of amides is 1. The van der Waals surface area contributed by atoms with E-state index in [9.17, 15) is 4.79 Å². The summed E-state index contributed by atoms with van der Waals surface area (Å²) in [6.45, 7) is 5.87. The molecule has 0 aliphatic carbocycles. The van der Waals surface area contributed by atoms with E-state index in [-0.39, 0.29) is 11.7 Å². The molecule has 1 amide bonds. The molecule has 0 spiro atoms. The van der Waals surface area contributed by atoms with E-state index in [1.54, 1.807) is 16.8 Å². The maximum atomic E-state index is 12.5. The number of hydrogen-bond donors (Lipinski definition) is 1. The molecule has 1 heterocycles. The molecule has 9 heteroatoms. The Labute approximate surface area is 172 Å². The van der Waals surface area contributed by atoms with Crippen LogP contribution in [0.5, 0.6) is 5.75 Å². The lowest BCUT2D eigenvalue weighted by Crippen LogP contribution is -2.15. The van der Waals surface area contributed by atoms with Gasteiger partial charge in [-0.05, 0) is 54.0 Å². The number of nitrogens with one attached hydrogen (secondary N) is 1. The molecule has 3 rings (SSSR count). The van der Waals surface area contributed by atoms with Gasteiger partial charge in [0, 0.05) is 11.1 Å². The molecular formula is C19H20ClN5O2S. The normalized spacial score (nSPS) is 10.8. The van der Waals surface area contributed by atoms with Gasteiger partial charge in [0.25, 0.3) is 0 Å². The van der Waals surface area contributed by atoms with Crippen LogP contribution in [0.1, 0.15) is 16.7 Å². The third-order valence-electron chi connectivity index (χ3n) is 4.18. The van der Waals surface area contributed by atoms with Crippen LogP contribution >= 0.6 is 23.4 Å². The van der Waals surface area contributed by atoms with E-state index in [0.717, 1.165) is 22.4 Å². The second-order valence-electron chi connectivity index (χ2n) is 6.25. The van der Waals surface area contributed by atoms with Crippen LogP contribution in [0.15, 0.2) is 35.5 Å². The third kappa shape index (κ3) is 4.28. The molecule has 0 unspecified atom stereocenters. The third-order valence-corrected chi connectivity index (χ3v) is 5.51. The Morgan fingerprint density at radius 3 is 2.61 bits per heavy atom. The van der Waals surface area contributed by atoms with E-state index in [1.165, 1.54) is 18.9 Å². The lowest BCUT2D eigenvalue weighted by molar-refractivity contribution is -0.113. The summed E-state index contributed by atoms with van der Waals surface area (Å²) in [6, 6.07) is 9.45. The molecule has 7 nitrogen and oxygen atoms in total. The number of ether oxygens (including phenoxy) is 1. The average Bonchev–Trinajstić information content (AvgIpc) is 3.11. The van der Waals surface area contributed by atoms with Gasteiger partial charge in [-0.1, -0.05) is 41.6 Å². The Hall–Kier alpha value is -2.58. The van der Waals surface area contributed by atoms with E-state index < -0.39 is 0 Å². The molecule has 0 atom stereocenters. The van der Waals surface area contributed by atoms with E-state index in [2.05, 4.69) is 20.8 Å². The molecule has 1 N–H and O–H groups in total. The van der Waals surface area contributed by atoms with Crippen molar-refractivity contribution in [2.45, 2.75) is 25.9 Å². The first kappa shape index (κ1) is 20.2. The molecule has 0 saturated carbocycles. The van der Waals surface area contributed by atoms with Crippen LogP contribution in [0.4, 0.5) is 5.69 Å². The van der Waals surface area contributed by atoms with Crippen LogP contribution in [-0.4, -0.2) is 39.0 Å². The topological polar surface area (TPSA) is 81.9 Å². The fourth-order valence-electron chi connectivity index (χ4n) is 2.80. The van der Waals surface area contributed by atoms with E-state index in [0.29, 0.717) is 21.6 Å². The number of thioether (sulfide) groups is 1. The van der Waals surface area contributed by atoms with Gasteiger partial charge < -0.3 is 10.1 Å². The first-order chi connectivity index (χ1) is 13.4. The number of carbonyl (C=O) groups excluding carboxylic acids is 1. The Morgan fingerprint density at radius 1 is 1.21 bits per heavy atom. The highest BCUT2D eigenvalue weighted by atomic mass is 35.5. The first-order valence-electron chi connectivity index (χ1n) is 8.52. The monoisotopic (exact) mass is 417 g/mol. The molecule has 2 aromatic carbocycles. The molecule has 3 aromatic rings. The zero-order valence-electron chi connectivity index (χ0n) is 16.0. The number of methoxy groups -OCH3 is 1. The molecule has 0 aliphatic heterocycles. The van der Waals surface area contributed by atoms with Gasteiger partial charge in [0.1, 0.15) is 5.75 Å². The van der Waals surface area contributed by atoms with Gasteiger partial charge in [-0.15, -0.1) is 5.10 Å². The Balaban J connectivity index is 1.74. The smallest absolute Gasteiger partial charge is 0.234 e. The quantitative estimate of drug-likeness (QED) is 0.611. The lowest BCUT2D eigenvalue weighted by atomic mass is 10.1. The minimum absolute atomic E-state index is 0.149. The van der Waals surface area contributed by atoms with Crippen LogP contribution in [0.3, 0.4) is 0 Å². The minimum atomic E-state index is -0.193. The molecule has 0 fully saturated rings. The lowest BCUT2D eigenvalue weighted by Gasteiger charge is -2.12. The van der Waals surface area contributed by atoms with E-state index in [1.807, 2.05) is 39.0 Å². The van der Waals surface area contributed by atoms with Crippen LogP contribution < -0.4 is 10.1 Å². The van der Waals surface area contributed by atoms with Gasteiger partial charge in [-0.3, -0.25) is 4.79 Å². The second-order valence-corrected chi connectivity index (χ2v) is 7.60. The molecule has 0 bridgehead atoms. The van der Waals surface area contributed by atoms with Gasteiger partial charge in [0.15, 0.2) is 0 Å². The number of hydrogen-bond acceptors (Lipinski definition) is 6. The van der Waals surface area contributed by atoms with Crippen LogP contribution in [-0.2, 0) is 4.79 Å². The van der Waals surface area contributed by atoms with Gasteiger partial charge in [0.2, 0.25) is 11.1 Å². The molecular weight excluding hydrogens is 398 g/mol. The number of tetrazole rings is 1. The van der Waals surface area contributed by atoms with Crippen molar-refractivity contribution in [1.29, 1.82) is 0 Å². The summed E-state index contributed by atoms with van der Waals surface area (Å²) in [5, 5.41) is 15.9. The average molecular weight is 418 g/mol. The van der Waals surface area contributed by atoms with Crippen molar-refractivity contribution < 1.29 is 9.53 Å². The number of aryl methyl sites for hydroxylation is 3. The largest absolute Gasteiger partial charge is 0.495 e. The van der Waals surface area contributed by atoms with Crippen molar-refractivity contribution >= 4 is 35.0 Å². The van der Waals surface area contributed by atoms with Gasteiger partial charge >= 0.3 is 0 Å². The SMILES string of the molecule is COc1cc(Cl)c(C)cc1NC(=O)CSc1nnnn1-c1c(C)cccc1C. The fraction of sp³-hybridized carbons (Fsp3) is 0.263. The summed E-state index contributed by atoms with van der Waals surface area (Å²) in [6.07, 6.45) is 0. The highest BCUT2D eigenvalue weighted by molar-refractivity contribution is 7.99. The number of nitrogens with zero attached hydrogens (tertiary/aromatic N) is 4. The zero-order chi connectivity index (χ0) is 20.3. The van der Waals surface area contributed by atoms with Crippen LogP contribution in [0, 0.1) is 20.8 Å². The van der Waals surface area contributed by atoms with Crippen molar-refractivity contribution in [3.8, 4) is 11.4 Å². The maximum Gasteiger partial charge on any atom is 0.234 e. The predicted molar refractivity (Wildman–Crippen MR) is 111 cm³/mol. The highest BCUT2D eigenvalue weighted by Gasteiger charge is 2.16. The van der Waals surface area contributed by atoms with E-state index in [4.69, 9.17) is 16.3 Å².